The van der Waals surface area contributed by atoms with Gasteiger partial charge in [-0.25, -0.2) is 0 Å². The fraction of sp³-hybridized carbons (Fsp3) is 1.00. The lowest BCUT2D eigenvalue weighted by Crippen LogP contribution is -2.44. The average Bonchev–Trinajstić information content (AvgIpc) is 2.03. The molecule has 0 aromatic heterocycles. The van der Waals surface area contributed by atoms with Crippen molar-refractivity contribution in [3.63, 3.8) is 0 Å². The SMILES string of the molecule is CNCC1(O)CCC(C(F)(F)F)CC1. The Balaban J connectivity index is 2.45. The molecular formula is C9H16F3NO. The molecule has 0 atom stereocenters. The van der Waals surface area contributed by atoms with E-state index in [0.717, 1.165) is 0 Å². The molecule has 1 fully saturated rings. The second kappa shape index (κ2) is 4.06. The van der Waals surface area contributed by atoms with E-state index in [1.807, 2.05) is 0 Å². The van der Waals surface area contributed by atoms with Crippen LogP contribution in [0.3, 0.4) is 0 Å². The van der Waals surface area contributed by atoms with Gasteiger partial charge in [-0.15, -0.1) is 0 Å². The van der Waals surface area contributed by atoms with Crippen molar-refractivity contribution >= 4 is 0 Å². The van der Waals surface area contributed by atoms with Crippen LogP contribution in [0.5, 0.6) is 0 Å². The third-order valence-corrected chi connectivity index (χ3v) is 2.89. The van der Waals surface area contributed by atoms with Gasteiger partial charge in [-0.1, -0.05) is 0 Å². The Kier molecular flexibility index (Phi) is 3.42. The third-order valence-electron chi connectivity index (χ3n) is 2.89. The van der Waals surface area contributed by atoms with E-state index in [2.05, 4.69) is 5.32 Å². The molecule has 0 aromatic carbocycles. The van der Waals surface area contributed by atoms with Crippen LogP contribution < -0.4 is 5.32 Å². The highest BCUT2D eigenvalue weighted by molar-refractivity contribution is 4.88. The maximum absolute atomic E-state index is 12.3. The zero-order valence-electron chi connectivity index (χ0n) is 8.19. The van der Waals surface area contributed by atoms with E-state index in [4.69, 9.17) is 0 Å². The number of hydrogen-bond acceptors (Lipinski definition) is 2. The third kappa shape index (κ3) is 2.85. The summed E-state index contributed by atoms with van der Waals surface area (Å²) >= 11 is 0. The fourth-order valence-electron chi connectivity index (χ4n) is 1.99. The molecule has 1 rings (SSSR count). The zero-order chi connectivity index (χ0) is 10.8. The average molecular weight is 211 g/mol. The van der Waals surface area contributed by atoms with Gasteiger partial charge in [0.1, 0.15) is 0 Å². The molecule has 84 valence electrons. The number of nitrogens with one attached hydrogen (secondary N) is 1. The highest BCUT2D eigenvalue weighted by Gasteiger charge is 2.44. The van der Waals surface area contributed by atoms with E-state index >= 15 is 0 Å². The van der Waals surface area contributed by atoms with Crippen molar-refractivity contribution in [3.05, 3.63) is 0 Å². The minimum Gasteiger partial charge on any atom is -0.389 e. The summed E-state index contributed by atoms with van der Waals surface area (Å²) < 4.78 is 36.8. The van der Waals surface area contributed by atoms with Gasteiger partial charge in [0.05, 0.1) is 11.5 Å². The Morgan fingerprint density at radius 2 is 1.86 bits per heavy atom. The first kappa shape index (κ1) is 11.8. The van der Waals surface area contributed by atoms with Gasteiger partial charge in [-0.3, -0.25) is 0 Å². The first-order valence-corrected chi connectivity index (χ1v) is 4.81. The van der Waals surface area contributed by atoms with Crippen LogP contribution in [0.2, 0.25) is 0 Å². The molecule has 1 saturated carbocycles. The topological polar surface area (TPSA) is 32.3 Å². The van der Waals surface area contributed by atoms with Crippen LogP contribution in [0.1, 0.15) is 25.7 Å². The van der Waals surface area contributed by atoms with Crippen LogP contribution >= 0.6 is 0 Å². The summed E-state index contributed by atoms with van der Waals surface area (Å²) in [6.07, 6.45) is -3.54. The monoisotopic (exact) mass is 211 g/mol. The lowest BCUT2D eigenvalue weighted by Gasteiger charge is -2.36. The zero-order valence-corrected chi connectivity index (χ0v) is 8.19. The van der Waals surface area contributed by atoms with Crippen LogP contribution in [0.25, 0.3) is 0 Å². The summed E-state index contributed by atoms with van der Waals surface area (Å²) in [7, 11) is 1.69. The van der Waals surface area contributed by atoms with Crippen LogP contribution in [-0.4, -0.2) is 30.5 Å². The van der Waals surface area contributed by atoms with Crippen molar-refractivity contribution in [3.8, 4) is 0 Å². The lowest BCUT2D eigenvalue weighted by atomic mass is 9.78. The first-order chi connectivity index (χ1) is 6.37. The summed E-state index contributed by atoms with van der Waals surface area (Å²) in [6.45, 7) is 0.373. The van der Waals surface area contributed by atoms with Crippen molar-refractivity contribution in [2.24, 2.45) is 5.92 Å². The number of halogens is 3. The van der Waals surface area contributed by atoms with Gasteiger partial charge in [-0.2, -0.15) is 13.2 Å². The summed E-state index contributed by atoms with van der Waals surface area (Å²) in [6, 6.07) is 0. The van der Waals surface area contributed by atoms with Crippen LogP contribution in [0.15, 0.2) is 0 Å². The van der Waals surface area contributed by atoms with Crippen molar-refractivity contribution in [2.45, 2.75) is 37.5 Å². The summed E-state index contributed by atoms with van der Waals surface area (Å²) in [5.74, 6) is -1.22. The maximum atomic E-state index is 12.3. The molecule has 0 aromatic rings. The van der Waals surface area contributed by atoms with Crippen molar-refractivity contribution in [1.82, 2.24) is 5.32 Å². The smallest absolute Gasteiger partial charge is 0.389 e. The Morgan fingerprint density at radius 3 is 2.21 bits per heavy atom. The molecule has 2 nitrogen and oxygen atoms in total. The minimum absolute atomic E-state index is 0.0433. The molecule has 0 aliphatic heterocycles. The summed E-state index contributed by atoms with van der Waals surface area (Å²) in [4.78, 5) is 0. The molecular weight excluding hydrogens is 195 g/mol. The van der Waals surface area contributed by atoms with Gasteiger partial charge in [0.25, 0.3) is 0 Å². The standard InChI is InChI=1S/C9H16F3NO/c1-13-6-8(14)4-2-7(3-5-8)9(10,11)12/h7,13-14H,2-6H2,1H3. The lowest BCUT2D eigenvalue weighted by molar-refractivity contribution is -0.191. The molecule has 5 heteroatoms. The highest BCUT2D eigenvalue weighted by atomic mass is 19.4. The molecule has 0 radical (unpaired) electrons. The van der Waals surface area contributed by atoms with Crippen molar-refractivity contribution in [2.75, 3.05) is 13.6 Å². The van der Waals surface area contributed by atoms with Gasteiger partial charge in [0.15, 0.2) is 0 Å². The van der Waals surface area contributed by atoms with Gasteiger partial charge in [-0.05, 0) is 32.7 Å². The number of rotatable bonds is 2. The normalized spacial score (nSPS) is 34.5. The molecule has 14 heavy (non-hydrogen) atoms. The molecule has 0 bridgehead atoms. The predicted molar refractivity (Wildman–Crippen MR) is 46.9 cm³/mol. The minimum atomic E-state index is -4.10. The van der Waals surface area contributed by atoms with Gasteiger partial charge < -0.3 is 10.4 Å². The number of likely N-dealkylation sites (N-methyl/N-ethyl adjacent to an activating group) is 1. The largest absolute Gasteiger partial charge is 0.391 e. The number of aliphatic hydroxyl groups is 1. The molecule has 1 aliphatic carbocycles. The first-order valence-electron chi connectivity index (χ1n) is 4.81. The maximum Gasteiger partial charge on any atom is 0.391 e. The van der Waals surface area contributed by atoms with Crippen molar-refractivity contribution < 1.29 is 18.3 Å². The second-order valence-corrected chi connectivity index (χ2v) is 4.07. The van der Waals surface area contributed by atoms with Gasteiger partial charge in [0.2, 0.25) is 0 Å². The second-order valence-electron chi connectivity index (χ2n) is 4.07. The fourth-order valence-corrected chi connectivity index (χ4v) is 1.99. The van der Waals surface area contributed by atoms with E-state index in [9.17, 15) is 18.3 Å². The molecule has 0 amide bonds. The van der Waals surface area contributed by atoms with Crippen LogP contribution in [0.4, 0.5) is 13.2 Å². The molecule has 0 spiro atoms. The highest BCUT2D eigenvalue weighted by Crippen LogP contribution is 2.40. The number of hydrogen-bond donors (Lipinski definition) is 2. The predicted octanol–water partition coefficient (Wildman–Crippen LogP) is 1.69. The molecule has 2 N–H and O–H groups in total. The van der Waals surface area contributed by atoms with Crippen LogP contribution in [-0.2, 0) is 0 Å². The van der Waals surface area contributed by atoms with E-state index < -0.39 is 17.7 Å². The van der Waals surface area contributed by atoms with Gasteiger partial charge in [0, 0.05) is 6.54 Å². The number of alkyl halides is 3. The van der Waals surface area contributed by atoms with E-state index in [-0.39, 0.29) is 25.7 Å². The van der Waals surface area contributed by atoms with Crippen molar-refractivity contribution in [1.29, 1.82) is 0 Å². The molecule has 0 heterocycles. The van der Waals surface area contributed by atoms with Crippen LogP contribution in [0, 0.1) is 5.92 Å². The Labute approximate surface area is 81.5 Å². The molecule has 0 saturated heterocycles. The van der Waals surface area contributed by atoms with E-state index in [0.29, 0.717) is 6.54 Å². The molecule has 1 aliphatic rings. The Hall–Kier alpha value is -0.290. The van der Waals surface area contributed by atoms with Gasteiger partial charge >= 0.3 is 6.18 Å². The summed E-state index contributed by atoms with van der Waals surface area (Å²) in [5.41, 5.74) is -0.934. The van der Waals surface area contributed by atoms with E-state index in [1.165, 1.54) is 0 Å². The van der Waals surface area contributed by atoms with E-state index in [1.54, 1.807) is 7.05 Å². The Morgan fingerprint density at radius 1 is 1.36 bits per heavy atom. The Bertz CT molecular complexity index is 185. The summed E-state index contributed by atoms with van der Waals surface area (Å²) in [5, 5.41) is 12.6. The molecule has 0 unspecified atom stereocenters. The quantitative estimate of drug-likeness (QED) is 0.728.